The van der Waals surface area contributed by atoms with Crippen molar-refractivity contribution in [2.45, 2.75) is 32.8 Å². The third kappa shape index (κ3) is 4.40. The third-order valence-electron chi connectivity index (χ3n) is 8.48. The van der Waals surface area contributed by atoms with Crippen molar-refractivity contribution in [3.8, 4) is 5.75 Å². The molecule has 4 atom stereocenters. The fraction of sp³-hybridized carbons (Fsp3) is 0.290. The molecule has 0 spiro atoms. The van der Waals surface area contributed by atoms with Crippen molar-refractivity contribution >= 4 is 36.0 Å². The molecule has 2 amide bonds. The number of aliphatic hydroxyl groups is 1. The van der Waals surface area contributed by atoms with Crippen LogP contribution in [-0.4, -0.2) is 40.8 Å². The summed E-state index contributed by atoms with van der Waals surface area (Å²) in [6.07, 6.45) is 0.0262. The molecule has 0 saturated carbocycles. The van der Waals surface area contributed by atoms with Gasteiger partial charge >= 0.3 is 7.12 Å². The van der Waals surface area contributed by atoms with E-state index in [0.29, 0.717) is 34.3 Å². The van der Waals surface area contributed by atoms with Gasteiger partial charge in [0.25, 0.3) is 0 Å². The van der Waals surface area contributed by atoms with Gasteiger partial charge in [0.05, 0.1) is 30.2 Å². The average Bonchev–Trinajstić information content (AvgIpc) is 3.21. The van der Waals surface area contributed by atoms with Crippen molar-refractivity contribution in [1.29, 1.82) is 0 Å². The highest BCUT2D eigenvalue weighted by molar-refractivity contribution is 6.53. The normalized spacial score (nSPS) is 24.3. The Morgan fingerprint density at radius 2 is 1.60 bits per heavy atom. The molecule has 2 saturated heterocycles. The molecule has 0 aromatic heterocycles. The van der Waals surface area contributed by atoms with Gasteiger partial charge in [0.15, 0.2) is 0 Å². The van der Waals surface area contributed by atoms with E-state index in [0.717, 1.165) is 16.9 Å². The first-order chi connectivity index (χ1) is 19.3. The molecule has 3 aliphatic rings. The number of hydrogen-bond donors (Lipinski definition) is 4. The zero-order valence-corrected chi connectivity index (χ0v) is 22.4. The van der Waals surface area contributed by atoms with Gasteiger partial charge in [-0.1, -0.05) is 18.2 Å². The molecule has 0 radical (unpaired) electrons. The second-order valence-corrected chi connectivity index (χ2v) is 10.9. The summed E-state index contributed by atoms with van der Waals surface area (Å²) in [5.41, 5.74) is 5.48. The van der Waals surface area contributed by atoms with Gasteiger partial charge in [-0.3, -0.25) is 14.5 Å². The number of imide groups is 1. The van der Waals surface area contributed by atoms with Crippen LogP contribution in [0, 0.1) is 31.6 Å². The largest absolute Gasteiger partial charge is 0.507 e. The Morgan fingerprint density at radius 3 is 2.25 bits per heavy atom. The molecule has 6 rings (SSSR count). The number of carbonyl (C=O) groups excluding carboxylic acids is 2. The summed E-state index contributed by atoms with van der Waals surface area (Å²) in [5.74, 6) is -2.15. The molecular formula is C31H31BN2O6. The molecule has 2 aliphatic heterocycles. The van der Waals surface area contributed by atoms with Crippen LogP contribution in [0.5, 0.6) is 5.75 Å². The second kappa shape index (κ2) is 10.2. The van der Waals surface area contributed by atoms with Gasteiger partial charge in [0, 0.05) is 11.4 Å². The number of phenols is 1. The Kier molecular flexibility index (Phi) is 6.74. The minimum atomic E-state index is -1.30. The first-order valence-electron chi connectivity index (χ1n) is 13.5. The van der Waals surface area contributed by atoms with Crippen LogP contribution in [0.2, 0.25) is 0 Å². The highest BCUT2D eigenvalue weighted by atomic mass is 16.5. The molecular weight excluding hydrogens is 507 g/mol. The fourth-order valence-corrected chi connectivity index (χ4v) is 6.58. The Hall–Kier alpha value is -3.92. The van der Waals surface area contributed by atoms with Crippen LogP contribution in [0.4, 0.5) is 17.1 Å². The number of amides is 2. The van der Waals surface area contributed by atoms with Crippen molar-refractivity contribution in [1.82, 2.24) is 0 Å². The predicted octanol–water partition coefficient (Wildman–Crippen LogP) is 4.35. The number of nitrogens with one attached hydrogen (secondary N) is 1. The molecule has 1 aliphatic carbocycles. The molecule has 4 N–H and O–H groups in total. The van der Waals surface area contributed by atoms with E-state index < -0.39 is 31.0 Å². The summed E-state index contributed by atoms with van der Waals surface area (Å²) in [7, 11) is -1.30. The molecule has 3 aromatic rings. The van der Waals surface area contributed by atoms with Gasteiger partial charge in [0.1, 0.15) is 5.75 Å². The Bertz CT molecular complexity index is 1480. The number of phenolic OH excluding ortho intramolecular Hbond substituents is 1. The lowest BCUT2D eigenvalue weighted by Crippen LogP contribution is -2.45. The molecule has 8 nitrogen and oxygen atoms in total. The Morgan fingerprint density at radius 1 is 0.950 bits per heavy atom. The maximum absolute atomic E-state index is 13.9. The number of rotatable bonds is 5. The summed E-state index contributed by atoms with van der Waals surface area (Å²) in [6.45, 7) is 3.28. The van der Waals surface area contributed by atoms with Crippen LogP contribution in [0.15, 0.2) is 77.8 Å². The van der Waals surface area contributed by atoms with E-state index in [4.69, 9.17) is 4.65 Å². The van der Waals surface area contributed by atoms with Crippen LogP contribution in [0.1, 0.15) is 35.6 Å². The smallest absolute Gasteiger partial charge is 0.487 e. The molecule has 2 heterocycles. The van der Waals surface area contributed by atoms with E-state index in [2.05, 4.69) is 5.32 Å². The van der Waals surface area contributed by atoms with E-state index in [9.17, 15) is 24.8 Å². The van der Waals surface area contributed by atoms with E-state index in [1.54, 1.807) is 26.0 Å². The monoisotopic (exact) mass is 538 g/mol. The minimum absolute atomic E-state index is 0.199. The van der Waals surface area contributed by atoms with Crippen molar-refractivity contribution in [3.63, 3.8) is 0 Å². The summed E-state index contributed by atoms with van der Waals surface area (Å²) >= 11 is 0. The second-order valence-electron chi connectivity index (χ2n) is 10.9. The molecule has 40 heavy (non-hydrogen) atoms. The van der Waals surface area contributed by atoms with Crippen LogP contribution < -0.4 is 10.2 Å². The number of fused-ring (bicyclic) bond motifs is 3. The zero-order chi connectivity index (χ0) is 28.1. The van der Waals surface area contributed by atoms with Crippen molar-refractivity contribution in [2.75, 3.05) is 16.8 Å². The summed E-state index contributed by atoms with van der Waals surface area (Å²) in [4.78, 5) is 28.9. The fourth-order valence-electron chi connectivity index (χ4n) is 6.58. The number of aliphatic hydroxyl groups excluding tert-OH is 1. The van der Waals surface area contributed by atoms with E-state index in [1.165, 1.54) is 4.90 Å². The van der Waals surface area contributed by atoms with Crippen LogP contribution in [-0.2, 0) is 14.2 Å². The Balaban J connectivity index is 1.30. The number of aromatic hydroxyl groups is 1. The lowest BCUT2D eigenvalue weighted by atomic mass is 9.55. The summed E-state index contributed by atoms with van der Waals surface area (Å²) in [5, 5.41) is 34.8. The number of para-hydroxylation sites is 1. The predicted molar refractivity (Wildman–Crippen MR) is 152 cm³/mol. The Labute approximate surface area is 233 Å². The molecule has 2 fully saturated rings. The number of hydrogen-bond acceptors (Lipinski definition) is 7. The van der Waals surface area contributed by atoms with Crippen molar-refractivity contribution in [2.24, 2.45) is 17.8 Å². The zero-order valence-electron chi connectivity index (χ0n) is 22.4. The first-order valence-corrected chi connectivity index (χ1v) is 13.5. The number of benzene rings is 3. The third-order valence-corrected chi connectivity index (χ3v) is 8.48. The molecule has 0 unspecified atom stereocenters. The maximum atomic E-state index is 13.9. The molecule has 204 valence electrons. The van der Waals surface area contributed by atoms with Crippen molar-refractivity contribution in [3.05, 3.63) is 94.5 Å². The standard InChI is InChI=1S/C31H31BN2O6/c1-17-12-19(13-18(2)29(17)36)26-15-24-27-25(14-20(16-35)28(24)32(39)40-26)30(37)34(31(27)38)23-10-8-22(9-11-23)33-21-6-4-3-5-7-21/h3-13,24-27,33,35-36,39H,14-16H2,1-2H3/t24-,25-,26-,27+/m0/s1. The SMILES string of the molecule is Cc1cc([C@@H]2C[C@@H]3C(=C(CO)C[C@@H]4C(=O)N(c5ccc(Nc6ccccc6)cc5)C(=O)[C@@H]43)B(O)O2)cc(C)c1O. The number of anilines is 3. The first kappa shape index (κ1) is 26.3. The molecule has 9 heteroatoms. The van der Waals surface area contributed by atoms with Crippen LogP contribution in [0.3, 0.4) is 0 Å². The number of carbonyl (C=O) groups is 2. The molecule has 0 bridgehead atoms. The van der Waals surface area contributed by atoms with Gasteiger partial charge in [-0.15, -0.1) is 0 Å². The van der Waals surface area contributed by atoms with Gasteiger partial charge in [-0.25, -0.2) is 0 Å². The number of aryl methyl sites for hydroxylation is 2. The van der Waals surface area contributed by atoms with Gasteiger partial charge in [-0.2, -0.15) is 0 Å². The van der Waals surface area contributed by atoms with E-state index in [-0.39, 0.29) is 30.6 Å². The topological polar surface area (TPSA) is 119 Å². The van der Waals surface area contributed by atoms with Gasteiger partial charge in [-0.05, 0) is 109 Å². The molecule has 3 aromatic carbocycles. The van der Waals surface area contributed by atoms with E-state index in [1.807, 2.05) is 54.6 Å². The average molecular weight is 538 g/mol. The minimum Gasteiger partial charge on any atom is -0.507 e. The van der Waals surface area contributed by atoms with Gasteiger partial charge in [0.2, 0.25) is 11.8 Å². The lowest BCUT2D eigenvalue weighted by Gasteiger charge is -2.42. The highest BCUT2D eigenvalue weighted by Gasteiger charge is 2.58. The van der Waals surface area contributed by atoms with Gasteiger partial charge < -0.3 is 25.2 Å². The number of allylic oxidation sites excluding steroid dienone is 1. The quantitative estimate of drug-likeness (QED) is 0.282. The number of nitrogens with zero attached hydrogens (tertiary/aromatic N) is 1. The van der Waals surface area contributed by atoms with Crippen molar-refractivity contribution < 1.29 is 29.5 Å². The lowest BCUT2D eigenvalue weighted by molar-refractivity contribution is -0.123. The maximum Gasteiger partial charge on any atom is 0.487 e. The van der Waals surface area contributed by atoms with Crippen LogP contribution >= 0.6 is 0 Å². The van der Waals surface area contributed by atoms with E-state index >= 15 is 0 Å². The summed E-state index contributed by atoms with van der Waals surface area (Å²) in [6, 6.07) is 20.5. The van der Waals surface area contributed by atoms with Crippen LogP contribution in [0.25, 0.3) is 0 Å². The summed E-state index contributed by atoms with van der Waals surface area (Å²) < 4.78 is 6.00. The highest BCUT2D eigenvalue weighted by Crippen LogP contribution is 2.52.